The lowest BCUT2D eigenvalue weighted by Crippen LogP contribution is -2.44. The summed E-state index contributed by atoms with van der Waals surface area (Å²) in [6.45, 7) is 3.49. The van der Waals surface area contributed by atoms with E-state index in [9.17, 15) is 0 Å². The van der Waals surface area contributed by atoms with Gasteiger partial charge in [-0.05, 0) is 64.3 Å². The molecular weight excluding hydrogens is 367 g/mol. The number of nitrogens with one attached hydrogen (secondary N) is 1. The largest absolute Gasteiger partial charge is 0.312 e. The van der Waals surface area contributed by atoms with Crippen molar-refractivity contribution < 1.29 is 0 Å². The van der Waals surface area contributed by atoms with Crippen molar-refractivity contribution in [3.63, 3.8) is 0 Å². The van der Waals surface area contributed by atoms with Crippen LogP contribution >= 0.6 is 11.6 Å². The van der Waals surface area contributed by atoms with Gasteiger partial charge in [0.25, 0.3) is 0 Å². The zero-order valence-corrected chi connectivity index (χ0v) is 16.2. The van der Waals surface area contributed by atoms with Crippen LogP contribution in [-0.4, -0.2) is 29.0 Å². The Balaban J connectivity index is 1.59. The number of hydrogen-bond acceptors (Lipinski definition) is 3. The molecule has 1 aliphatic heterocycles. The molecule has 2 aromatic carbocycles. The lowest BCUT2D eigenvalue weighted by atomic mass is 9.57. The van der Waals surface area contributed by atoms with Crippen molar-refractivity contribution >= 4 is 25.1 Å². The van der Waals surface area contributed by atoms with E-state index < -0.39 is 5.31 Å². The lowest BCUT2D eigenvalue weighted by Gasteiger charge is -2.38. The van der Waals surface area contributed by atoms with Gasteiger partial charge < -0.3 is 5.32 Å². The van der Waals surface area contributed by atoms with E-state index in [1.54, 1.807) is 10.8 Å². The van der Waals surface area contributed by atoms with Crippen LogP contribution in [0.1, 0.15) is 22.3 Å². The number of benzene rings is 2. The number of halogens is 1. The Bertz CT molecular complexity index is 1200. The quantitative estimate of drug-likeness (QED) is 0.533. The zero-order valence-electron chi connectivity index (χ0n) is 15.5. The molecule has 3 heterocycles. The van der Waals surface area contributed by atoms with Gasteiger partial charge in [-0.15, -0.1) is 0 Å². The molecule has 1 aliphatic rings. The van der Waals surface area contributed by atoms with Crippen molar-refractivity contribution in [2.24, 2.45) is 0 Å². The summed E-state index contributed by atoms with van der Waals surface area (Å²) in [7, 11) is 6.93. The summed E-state index contributed by atoms with van der Waals surface area (Å²) in [5, 5.41) is 7.89. The highest BCUT2D eigenvalue weighted by Gasteiger charge is 2.33. The third-order valence-corrected chi connectivity index (χ3v) is 6.01. The van der Waals surface area contributed by atoms with Gasteiger partial charge in [-0.25, -0.2) is 9.50 Å². The molecule has 0 saturated carbocycles. The van der Waals surface area contributed by atoms with Gasteiger partial charge in [-0.1, -0.05) is 35.9 Å². The summed E-state index contributed by atoms with van der Waals surface area (Å²) in [6.07, 6.45) is 3.56. The minimum Gasteiger partial charge on any atom is -0.312 e. The third kappa shape index (κ3) is 2.74. The third-order valence-electron chi connectivity index (χ3n) is 5.59. The Kier molecular flexibility index (Phi) is 4.04. The SMILES string of the molecule is [B]C1(c2ccc(Cl)c(C)c2)CNCc2cc(-c3ccc4ncnn4c3)ccc21. The molecule has 0 aliphatic carbocycles. The van der Waals surface area contributed by atoms with E-state index in [2.05, 4.69) is 45.7 Å². The number of aromatic nitrogens is 3. The maximum Gasteiger partial charge on any atom is 0.155 e. The molecular formula is C22H18BClN4. The first-order valence-electron chi connectivity index (χ1n) is 9.24. The predicted molar refractivity (Wildman–Crippen MR) is 113 cm³/mol. The van der Waals surface area contributed by atoms with Gasteiger partial charge in [0.2, 0.25) is 0 Å². The molecule has 5 rings (SSSR count). The van der Waals surface area contributed by atoms with Crippen LogP contribution in [0.25, 0.3) is 16.8 Å². The maximum absolute atomic E-state index is 6.93. The molecule has 2 radical (unpaired) electrons. The van der Waals surface area contributed by atoms with Gasteiger partial charge in [0, 0.05) is 29.9 Å². The highest BCUT2D eigenvalue weighted by atomic mass is 35.5. The second kappa shape index (κ2) is 6.47. The highest BCUT2D eigenvalue weighted by molar-refractivity contribution is 6.31. The smallest absolute Gasteiger partial charge is 0.155 e. The number of fused-ring (bicyclic) bond motifs is 2. The van der Waals surface area contributed by atoms with E-state index in [0.717, 1.165) is 45.0 Å². The summed E-state index contributed by atoms with van der Waals surface area (Å²) in [5.41, 5.74) is 7.53. The molecule has 136 valence electrons. The summed E-state index contributed by atoms with van der Waals surface area (Å²) in [5.74, 6) is 0. The molecule has 1 atom stereocenters. The molecule has 4 nitrogen and oxygen atoms in total. The number of pyridine rings is 1. The molecule has 0 fully saturated rings. The number of rotatable bonds is 2. The summed E-state index contributed by atoms with van der Waals surface area (Å²) >= 11 is 6.22. The first kappa shape index (κ1) is 17.5. The Labute approximate surface area is 170 Å². The van der Waals surface area contributed by atoms with Crippen molar-refractivity contribution in [3.05, 3.63) is 88.3 Å². The minimum atomic E-state index is -0.586. The Morgan fingerprint density at radius 3 is 2.82 bits per heavy atom. The summed E-state index contributed by atoms with van der Waals surface area (Å²) in [6, 6.07) is 16.6. The van der Waals surface area contributed by atoms with Crippen molar-refractivity contribution in [1.82, 2.24) is 19.9 Å². The fraction of sp³-hybridized carbons (Fsp3) is 0.182. The fourth-order valence-corrected chi connectivity index (χ4v) is 4.13. The van der Waals surface area contributed by atoms with Gasteiger partial charge in [0.15, 0.2) is 5.65 Å². The molecule has 0 spiro atoms. The van der Waals surface area contributed by atoms with Crippen molar-refractivity contribution in [3.8, 4) is 11.1 Å². The Morgan fingerprint density at radius 1 is 1.11 bits per heavy atom. The van der Waals surface area contributed by atoms with Crippen LogP contribution in [0.4, 0.5) is 0 Å². The molecule has 1 unspecified atom stereocenters. The lowest BCUT2D eigenvalue weighted by molar-refractivity contribution is 0.549. The van der Waals surface area contributed by atoms with Crippen molar-refractivity contribution in [2.75, 3.05) is 6.54 Å². The van der Waals surface area contributed by atoms with E-state index >= 15 is 0 Å². The van der Waals surface area contributed by atoms with Crippen LogP contribution in [0.5, 0.6) is 0 Å². The molecule has 0 saturated heterocycles. The standard InChI is InChI=1S/C22H18BClN4/c1-14-8-18(4-6-20(14)24)22(23)12-25-10-17-9-15(2-5-19(17)22)16-3-7-21-26-13-27-28(21)11-16/h2-9,11,13,25H,10,12H2,1H3. The molecule has 2 aromatic heterocycles. The monoisotopic (exact) mass is 384 g/mol. The van der Waals surface area contributed by atoms with Gasteiger partial charge >= 0.3 is 0 Å². The normalized spacial score (nSPS) is 18.9. The number of aryl methyl sites for hydroxylation is 1. The molecule has 0 bridgehead atoms. The second-order valence-electron chi connectivity index (χ2n) is 7.39. The minimum absolute atomic E-state index is 0.586. The summed E-state index contributed by atoms with van der Waals surface area (Å²) < 4.78 is 1.79. The van der Waals surface area contributed by atoms with Crippen LogP contribution in [-0.2, 0) is 11.9 Å². The van der Waals surface area contributed by atoms with Crippen molar-refractivity contribution in [2.45, 2.75) is 18.8 Å². The van der Waals surface area contributed by atoms with Crippen LogP contribution < -0.4 is 5.32 Å². The molecule has 0 amide bonds. The van der Waals surface area contributed by atoms with E-state index in [-0.39, 0.29) is 0 Å². The van der Waals surface area contributed by atoms with Crippen LogP contribution in [0.15, 0.2) is 61.1 Å². The Hall–Kier alpha value is -2.63. The maximum atomic E-state index is 6.93. The van der Waals surface area contributed by atoms with Crippen LogP contribution in [0.3, 0.4) is 0 Å². The first-order chi connectivity index (χ1) is 13.5. The van der Waals surface area contributed by atoms with Gasteiger partial charge in [0.1, 0.15) is 6.33 Å². The average Bonchev–Trinajstić information content (AvgIpc) is 3.18. The number of hydrogen-bond donors (Lipinski definition) is 1. The second-order valence-corrected chi connectivity index (χ2v) is 7.80. The molecule has 4 aromatic rings. The average molecular weight is 385 g/mol. The van der Waals surface area contributed by atoms with Crippen molar-refractivity contribution in [1.29, 1.82) is 0 Å². The van der Waals surface area contributed by atoms with E-state index in [4.69, 9.17) is 19.4 Å². The Morgan fingerprint density at radius 2 is 1.96 bits per heavy atom. The van der Waals surface area contributed by atoms with E-state index in [1.165, 1.54) is 5.56 Å². The molecule has 6 heteroatoms. The summed E-state index contributed by atoms with van der Waals surface area (Å²) in [4.78, 5) is 4.21. The highest BCUT2D eigenvalue weighted by Crippen LogP contribution is 2.37. The first-order valence-corrected chi connectivity index (χ1v) is 9.62. The van der Waals surface area contributed by atoms with E-state index in [0.29, 0.717) is 6.54 Å². The molecule has 28 heavy (non-hydrogen) atoms. The van der Waals surface area contributed by atoms with E-state index in [1.807, 2.05) is 31.3 Å². The number of nitrogens with zero attached hydrogens (tertiary/aromatic N) is 3. The fourth-order valence-electron chi connectivity index (χ4n) is 4.01. The van der Waals surface area contributed by atoms with Gasteiger partial charge in [-0.2, -0.15) is 5.10 Å². The van der Waals surface area contributed by atoms with Crippen LogP contribution in [0, 0.1) is 6.92 Å². The van der Waals surface area contributed by atoms with Gasteiger partial charge in [-0.3, -0.25) is 0 Å². The molecule has 1 N–H and O–H groups in total. The van der Waals surface area contributed by atoms with Gasteiger partial charge in [0.05, 0.1) is 7.85 Å². The zero-order chi connectivity index (χ0) is 19.3. The topological polar surface area (TPSA) is 42.2 Å². The predicted octanol–water partition coefficient (Wildman–Crippen LogP) is 3.87. The van der Waals surface area contributed by atoms with Crippen LogP contribution in [0.2, 0.25) is 5.02 Å².